The van der Waals surface area contributed by atoms with E-state index in [-0.39, 0.29) is 10.8 Å². The van der Waals surface area contributed by atoms with Crippen molar-refractivity contribution in [2.45, 2.75) is 37.0 Å². The van der Waals surface area contributed by atoms with Crippen molar-refractivity contribution in [3.8, 4) is 0 Å². The first kappa shape index (κ1) is 17.2. The molecule has 1 aromatic carbocycles. The van der Waals surface area contributed by atoms with Crippen molar-refractivity contribution in [1.82, 2.24) is 9.62 Å². The zero-order valence-corrected chi connectivity index (χ0v) is 14.0. The van der Waals surface area contributed by atoms with Gasteiger partial charge < -0.3 is 4.90 Å². The van der Waals surface area contributed by atoms with Crippen LogP contribution in [0.5, 0.6) is 0 Å². The molecule has 22 heavy (non-hydrogen) atoms. The molecule has 0 bridgehead atoms. The van der Waals surface area contributed by atoms with Crippen LogP contribution in [0.4, 0.5) is 0 Å². The molecule has 1 heterocycles. The summed E-state index contributed by atoms with van der Waals surface area (Å²) in [5.74, 6) is 0.176. The number of nitrogens with zero attached hydrogens (tertiary/aromatic N) is 1. The minimum Gasteiger partial charge on any atom is -0.343 e. The Kier molecular flexibility index (Phi) is 6.23. The van der Waals surface area contributed by atoms with Crippen LogP contribution in [0, 0.1) is 0 Å². The average molecular weight is 345 g/mol. The molecule has 0 aliphatic carbocycles. The van der Waals surface area contributed by atoms with Gasteiger partial charge in [0.1, 0.15) is 0 Å². The van der Waals surface area contributed by atoms with Gasteiger partial charge in [-0.2, -0.15) is 0 Å². The van der Waals surface area contributed by atoms with Gasteiger partial charge in [-0.1, -0.05) is 24.1 Å². The van der Waals surface area contributed by atoms with Gasteiger partial charge in [-0.05, 0) is 37.5 Å². The summed E-state index contributed by atoms with van der Waals surface area (Å²) in [7, 11) is -3.54. The smallest absolute Gasteiger partial charge is 0.240 e. The molecule has 0 unspecified atom stereocenters. The fraction of sp³-hybridized carbons (Fsp3) is 0.533. The van der Waals surface area contributed by atoms with Gasteiger partial charge in [0, 0.05) is 31.1 Å². The van der Waals surface area contributed by atoms with E-state index >= 15 is 0 Å². The number of benzene rings is 1. The number of sulfonamides is 1. The average Bonchev–Trinajstić information content (AvgIpc) is 2.68. The maximum atomic E-state index is 12.1. The van der Waals surface area contributed by atoms with Gasteiger partial charge in [-0.15, -0.1) is 0 Å². The van der Waals surface area contributed by atoms with Gasteiger partial charge in [0.25, 0.3) is 0 Å². The van der Waals surface area contributed by atoms with E-state index in [0.717, 1.165) is 25.8 Å². The monoisotopic (exact) mass is 344 g/mol. The second kappa shape index (κ2) is 7.94. The number of nitrogens with one attached hydrogen (secondary N) is 1. The van der Waals surface area contributed by atoms with E-state index in [9.17, 15) is 13.2 Å². The van der Waals surface area contributed by atoms with E-state index in [1.165, 1.54) is 12.1 Å². The number of carbonyl (C=O) groups is 1. The van der Waals surface area contributed by atoms with Crippen molar-refractivity contribution in [2.75, 3.05) is 19.6 Å². The quantitative estimate of drug-likeness (QED) is 0.806. The molecule has 1 amide bonds. The molecule has 5 nitrogen and oxygen atoms in total. The lowest BCUT2D eigenvalue weighted by Crippen LogP contribution is -2.34. The Morgan fingerprint density at radius 2 is 2.05 bits per heavy atom. The topological polar surface area (TPSA) is 66.5 Å². The van der Waals surface area contributed by atoms with Crippen molar-refractivity contribution < 1.29 is 13.2 Å². The van der Waals surface area contributed by atoms with Gasteiger partial charge in [-0.25, -0.2) is 13.1 Å². The molecule has 1 saturated heterocycles. The lowest BCUT2D eigenvalue weighted by atomic mass is 10.2. The van der Waals surface area contributed by atoms with Crippen LogP contribution < -0.4 is 4.72 Å². The number of amides is 1. The van der Waals surface area contributed by atoms with Crippen LogP contribution in [0.1, 0.15) is 32.1 Å². The number of likely N-dealkylation sites (tertiary alicyclic amines) is 1. The van der Waals surface area contributed by atoms with E-state index in [1.807, 2.05) is 4.90 Å². The summed E-state index contributed by atoms with van der Waals surface area (Å²) in [5, 5.41) is 0.387. The van der Waals surface area contributed by atoms with Crippen LogP contribution in [0.15, 0.2) is 29.2 Å². The van der Waals surface area contributed by atoms with Crippen LogP contribution in [0.3, 0.4) is 0 Å². The maximum absolute atomic E-state index is 12.1. The molecule has 0 aromatic heterocycles. The Bertz CT molecular complexity index is 619. The first-order valence-electron chi connectivity index (χ1n) is 7.52. The Hall–Kier alpha value is -1.11. The van der Waals surface area contributed by atoms with Crippen LogP contribution in [-0.4, -0.2) is 38.9 Å². The molecular formula is C15H21ClN2O3S. The fourth-order valence-electron chi connectivity index (χ4n) is 2.47. The molecule has 1 N–H and O–H groups in total. The van der Waals surface area contributed by atoms with Gasteiger partial charge >= 0.3 is 0 Å². The van der Waals surface area contributed by atoms with Crippen LogP contribution in [0.2, 0.25) is 5.02 Å². The number of hydrogen-bond donors (Lipinski definition) is 1. The van der Waals surface area contributed by atoms with Crippen molar-refractivity contribution in [3.05, 3.63) is 29.3 Å². The molecule has 0 saturated carbocycles. The summed E-state index contributed by atoms with van der Waals surface area (Å²) in [6.45, 7) is 1.68. The highest BCUT2D eigenvalue weighted by atomic mass is 35.5. The van der Waals surface area contributed by atoms with Crippen molar-refractivity contribution >= 4 is 27.5 Å². The summed E-state index contributed by atoms with van der Waals surface area (Å²) in [5.41, 5.74) is 0. The highest BCUT2D eigenvalue weighted by Gasteiger charge is 2.17. The van der Waals surface area contributed by atoms with E-state index in [1.54, 1.807) is 12.1 Å². The Morgan fingerprint density at radius 1 is 1.23 bits per heavy atom. The summed E-state index contributed by atoms with van der Waals surface area (Å²) in [6.07, 6.45) is 4.28. The number of rotatable bonds is 6. The maximum Gasteiger partial charge on any atom is 0.240 e. The summed E-state index contributed by atoms with van der Waals surface area (Å²) < 4.78 is 26.8. The first-order valence-corrected chi connectivity index (χ1v) is 9.38. The van der Waals surface area contributed by atoms with E-state index in [2.05, 4.69) is 4.72 Å². The van der Waals surface area contributed by atoms with Gasteiger partial charge in [0.2, 0.25) is 15.9 Å². The molecule has 0 atom stereocenters. The molecule has 122 valence electrons. The Morgan fingerprint density at radius 3 is 2.82 bits per heavy atom. The zero-order chi connectivity index (χ0) is 16.0. The number of carbonyl (C=O) groups excluding carboxylic acids is 1. The second-order valence-corrected chi connectivity index (χ2v) is 7.60. The van der Waals surface area contributed by atoms with Gasteiger partial charge in [0.05, 0.1) is 4.90 Å². The molecule has 0 spiro atoms. The zero-order valence-electron chi connectivity index (χ0n) is 12.4. The molecular weight excluding hydrogens is 324 g/mol. The van der Waals surface area contributed by atoms with Crippen LogP contribution >= 0.6 is 11.6 Å². The molecule has 2 rings (SSSR count). The molecule has 1 fully saturated rings. The summed E-state index contributed by atoms with van der Waals surface area (Å²) in [6, 6.07) is 6.16. The fourth-order valence-corrected chi connectivity index (χ4v) is 3.84. The highest BCUT2D eigenvalue weighted by Crippen LogP contribution is 2.15. The third kappa shape index (κ3) is 4.97. The Labute approximate surface area is 136 Å². The van der Waals surface area contributed by atoms with E-state index in [0.29, 0.717) is 31.0 Å². The third-order valence-corrected chi connectivity index (χ3v) is 5.37. The van der Waals surface area contributed by atoms with Crippen LogP contribution in [0.25, 0.3) is 0 Å². The molecule has 1 aromatic rings. The highest BCUT2D eigenvalue weighted by molar-refractivity contribution is 7.89. The van der Waals surface area contributed by atoms with Gasteiger partial charge in [0.15, 0.2) is 0 Å². The Balaban J connectivity index is 1.81. The number of halogens is 1. The lowest BCUT2D eigenvalue weighted by molar-refractivity contribution is -0.130. The lowest BCUT2D eigenvalue weighted by Gasteiger charge is -2.20. The molecule has 1 aliphatic rings. The first-order chi connectivity index (χ1) is 10.5. The minimum absolute atomic E-state index is 0.158. The molecule has 7 heteroatoms. The summed E-state index contributed by atoms with van der Waals surface area (Å²) >= 11 is 5.81. The van der Waals surface area contributed by atoms with Crippen molar-refractivity contribution in [3.63, 3.8) is 0 Å². The predicted molar refractivity (Wildman–Crippen MR) is 86.3 cm³/mol. The SMILES string of the molecule is O=C1CCCCCN1CCCNS(=O)(=O)c1cccc(Cl)c1. The van der Waals surface area contributed by atoms with Crippen molar-refractivity contribution in [1.29, 1.82) is 0 Å². The number of hydrogen-bond acceptors (Lipinski definition) is 3. The second-order valence-electron chi connectivity index (χ2n) is 5.40. The van der Waals surface area contributed by atoms with Crippen LogP contribution in [-0.2, 0) is 14.8 Å². The standard InChI is InChI=1S/C15H21ClN2O3S/c16-13-6-4-7-14(12-13)22(20,21)17-9-5-11-18-10-3-1-2-8-15(18)19/h4,6-7,12,17H,1-3,5,8-11H2. The van der Waals surface area contributed by atoms with Gasteiger partial charge in [-0.3, -0.25) is 4.79 Å². The summed E-state index contributed by atoms with van der Waals surface area (Å²) in [4.78, 5) is 13.8. The van der Waals surface area contributed by atoms with E-state index in [4.69, 9.17) is 11.6 Å². The predicted octanol–water partition coefficient (Wildman–Crippen LogP) is 2.41. The largest absolute Gasteiger partial charge is 0.343 e. The van der Waals surface area contributed by atoms with Crippen molar-refractivity contribution in [2.24, 2.45) is 0 Å². The molecule has 0 radical (unpaired) electrons. The van der Waals surface area contributed by atoms with E-state index < -0.39 is 10.0 Å². The third-order valence-electron chi connectivity index (χ3n) is 3.67. The molecule has 1 aliphatic heterocycles. The minimum atomic E-state index is -3.54. The normalized spacial score (nSPS) is 16.6.